The first-order valence-electron chi connectivity index (χ1n) is 7.92. The van der Waals surface area contributed by atoms with Gasteiger partial charge in [0.05, 0.1) is 19.6 Å². The lowest BCUT2D eigenvalue weighted by Gasteiger charge is -2.13. The van der Waals surface area contributed by atoms with E-state index in [2.05, 4.69) is 10.6 Å². The highest BCUT2D eigenvalue weighted by molar-refractivity contribution is 5.88. The van der Waals surface area contributed by atoms with Crippen molar-refractivity contribution in [1.82, 2.24) is 10.6 Å². The highest BCUT2D eigenvalue weighted by Gasteiger charge is 2.16. The summed E-state index contributed by atoms with van der Waals surface area (Å²) >= 11 is 0. The van der Waals surface area contributed by atoms with Crippen LogP contribution in [0.15, 0.2) is 48.5 Å². The largest absolute Gasteiger partial charge is 0.497 e. The third kappa shape index (κ3) is 5.60. The van der Waals surface area contributed by atoms with Crippen LogP contribution in [-0.4, -0.2) is 25.5 Å². The summed E-state index contributed by atoms with van der Waals surface area (Å²) in [6.45, 7) is 1.89. The predicted molar refractivity (Wildman–Crippen MR) is 92.7 cm³/mol. The van der Waals surface area contributed by atoms with Gasteiger partial charge < -0.3 is 15.4 Å². The number of carbonyl (C=O) groups excluding carboxylic acids is 2. The van der Waals surface area contributed by atoms with Gasteiger partial charge in [0.2, 0.25) is 11.8 Å². The van der Waals surface area contributed by atoms with E-state index in [9.17, 15) is 14.0 Å². The average Bonchev–Trinajstić information content (AvgIpc) is 2.64. The Morgan fingerprint density at radius 1 is 1.12 bits per heavy atom. The lowest BCUT2D eigenvalue weighted by atomic mass is 10.0. The first-order valence-corrected chi connectivity index (χ1v) is 7.92. The van der Waals surface area contributed by atoms with Crippen molar-refractivity contribution in [2.45, 2.75) is 19.4 Å². The molecule has 0 radical (unpaired) electrons. The Balaban J connectivity index is 1.77. The summed E-state index contributed by atoms with van der Waals surface area (Å²) in [6.07, 6.45) is 0. The van der Waals surface area contributed by atoms with Crippen LogP contribution in [0.2, 0.25) is 0 Å². The van der Waals surface area contributed by atoms with Crippen LogP contribution in [0.25, 0.3) is 0 Å². The zero-order valence-corrected chi connectivity index (χ0v) is 14.2. The van der Waals surface area contributed by atoms with E-state index in [0.717, 1.165) is 11.3 Å². The van der Waals surface area contributed by atoms with Crippen LogP contribution < -0.4 is 15.4 Å². The molecule has 25 heavy (non-hydrogen) atoms. The van der Waals surface area contributed by atoms with Crippen molar-refractivity contribution >= 4 is 11.8 Å². The SMILES string of the molecule is COc1ccc(CNC(=O)CNC(=O)[C@H](C)c2cccc(F)c2)cc1. The van der Waals surface area contributed by atoms with Crippen molar-refractivity contribution in [2.24, 2.45) is 0 Å². The smallest absolute Gasteiger partial charge is 0.239 e. The van der Waals surface area contributed by atoms with Gasteiger partial charge in [-0.1, -0.05) is 24.3 Å². The van der Waals surface area contributed by atoms with Crippen LogP contribution >= 0.6 is 0 Å². The van der Waals surface area contributed by atoms with Gasteiger partial charge in [-0.15, -0.1) is 0 Å². The summed E-state index contributed by atoms with van der Waals surface area (Å²) in [5.41, 5.74) is 1.49. The van der Waals surface area contributed by atoms with Crippen LogP contribution in [0.4, 0.5) is 4.39 Å². The molecule has 0 heterocycles. The molecule has 0 aromatic heterocycles. The molecule has 132 valence electrons. The van der Waals surface area contributed by atoms with Crippen molar-refractivity contribution < 1.29 is 18.7 Å². The summed E-state index contributed by atoms with van der Waals surface area (Å²) in [5.74, 6) is -0.811. The number of carbonyl (C=O) groups is 2. The number of methoxy groups -OCH3 is 1. The third-order valence-corrected chi connectivity index (χ3v) is 3.81. The molecule has 0 fully saturated rings. The van der Waals surface area contributed by atoms with Crippen LogP contribution in [-0.2, 0) is 16.1 Å². The minimum Gasteiger partial charge on any atom is -0.497 e. The maximum Gasteiger partial charge on any atom is 0.239 e. The van der Waals surface area contributed by atoms with Crippen molar-refractivity contribution in [3.8, 4) is 5.75 Å². The van der Waals surface area contributed by atoms with Gasteiger partial charge in [0, 0.05) is 6.54 Å². The lowest BCUT2D eigenvalue weighted by molar-refractivity contribution is -0.126. The van der Waals surface area contributed by atoms with E-state index in [0.29, 0.717) is 12.1 Å². The van der Waals surface area contributed by atoms with Gasteiger partial charge in [-0.25, -0.2) is 4.39 Å². The van der Waals surface area contributed by atoms with E-state index in [1.54, 1.807) is 26.2 Å². The first-order chi connectivity index (χ1) is 12.0. The van der Waals surface area contributed by atoms with E-state index in [4.69, 9.17) is 4.74 Å². The number of hydrogen-bond donors (Lipinski definition) is 2. The fraction of sp³-hybridized carbons (Fsp3) is 0.263. The molecule has 0 aliphatic carbocycles. The molecule has 0 unspecified atom stereocenters. The van der Waals surface area contributed by atoms with E-state index in [1.807, 2.05) is 24.3 Å². The molecule has 0 saturated carbocycles. The van der Waals surface area contributed by atoms with Gasteiger partial charge in [0.1, 0.15) is 11.6 Å². The Kier molecular flexibility index (Phi) is 6.51. The summed E-state index contributed by atoms with van der Waals surface area (Å²) in [4.78, 5) is 23.9. The molecule has 6 heteroatoms. The summed E-state index contributed by atoms with van der Waals surface area (Å²) < 4.78 is 18.3. The van der Waals surface area contributed by atoms with E-state index >= 15 is 0 Å². The molecule has 2 aromatic carbocycles. The van der Waals surface area contributed by atoms with E-state index in [-0.39, 0.29) is 18.4 Å². The maximum atomic E-state index is 13.2. The van der Waals surface area contributed by atoms with Crippen molar-refractivity contribution in [1.29, 1.82) is 0 Å². The van der Waals surface area contributed by atoms with E-state index in [1.165, 1.54) is 12.1 Å². The molecule has 0 saturated heterocycles. The molecule has 1 atom stereocenters. The highest BCUT2D eigenvalue weighted by atomic mass is 19.1. The summed E-state index contributed by atoms with van der Waals surface area (Å²) in [5, 5.41) is 5.29. The number of rotatable bonds is 7. The second-order valence-corrected chi connectivity index (χ2v) is 5.62. The molecule has 0 aliphatic rings. The molecule has 5 nitrogen and oxygen atoms in total. The lowest BCUT2D eigenvalue weighted by Crippen LogP contribution is -2.38. The van der Waals surface area contributed by atoms with Gasteiger partial charge in [-0.05, 0) is 42.3 Å². The molecular weight excluding hydrogens is 323 g/mol. The minimum absolute atomic E-state index is 0.130. The molecule has 0 aliphatic heterocycles. The third-order valence-electron chi connectivity index (χ3n) is 3.81. The first kappa shape index (κ1) is 18.4. The van der Waals surface area contributed by atoms with E-state index < -0.39 is 11.7 Å². The molecule has 2 amide bonds. The van der Waals surface area contributed by atoms with Gasteiger partial charge >= 0.3 is 0 Å². The topological polar surface area (TPSA) is 67.4 Å². The summed E-state index contributed by atoms with van der Waals surface area (Å²) in [6, 6.07) is 13.2. The zero-order valence-electron chi connectivity index (χ0n) is 14.2. The number of amides is 2. The fourth-order valence-corrected chi connectivity index (χ4v) is 2.25. The van der Waals surface area contributed by atoms with Gasteiger partial charge in [0.25, 0.3) is 0 Å². The Morgan fingerprint density at radius 3 is 2.48 bits per heavy atom. The van der Waals surface area contributed by atoms with Crippen molar-refractivity contribution in [3.05, 3.63) is 65.5 Å². The van der Waals surface area contributed by atoms with Crippen LogP contribution in [0.1, 0.15) is 24.0 Å². The fourth-order valence-electron chi connectivity index (χ4n) is 2.25. The van der Waals surface area contributed by atoms with Gasteiger partial charge in [-0.3, -0.25) is 9.59 Å². The number of ether oxygens (including phenoxy) is 1. The second-order valence-electron chi connectivity index (χ2n) is 5.62. The Hall–Kier alpha value is -2.89. The summed E-state index contributed by atoms with van der Waals surface area (Å²) in [7, 11) is 1.59. The van der Waals surface area contributed by atoms with Gasteiger partial charge in [0.15, 0.2) is 0 Å². The van der Waals surface area contributed by atoms with Crippen LogP contribution in [0, 0.1) is 5.82 Å². The normalized spacial score (nSPS) is 11.5. The Labute approximate surface area is 146 Å². The minimum atomic E-state index is -0.537. The number of nitrogens with one attached hydrogen (secondary N) is 2. The second kappa shape index (κ2) is 8.82. The molecule has 2 aromatic rings. The average molecular weight is 344 g/mol. The number of hydrogen-bond acceptors (Lipinski definition) is 3. The Morgan fingerprint density at radius 2 is 1.84 bits per heavy atom. The predicted octanol–water partition coefficient (Wildman–Crippen LogP) is 2.37. The quantitative estimate of drug-likeness (QED) is 0.810. The molecule has 0 bridgehead atoms. The molecule has 2 rings (SSSR count). The Bertz CT molecular complexity index is 732. The highest BCUT2D eigenvalue weighted by Crippen LogP contribution is 2.16. The number of halogens is 1. The maximum absolute atomic E-state index is 13.2. The number of benzene rings is 2. The molecular formula is C19H21FN2O3. The molecule has 2 N–H and O–H groups in total. The van der Waals surface area contributed by atoms with Crippen molar-refractivity contribution in [3.63, 3.8) is 0 Å². The monoisotopic (exact) mass is 344 g/mol. The van der Waals surface area contributed by atoms with Crippen LogP contribution in [0.3, 0.4) is 0 Å². The van der Waals surface area contributed by atoms with Gasteiger partial charge in [-0.2, -0.15) is 0 Å². The zero-order chi connectivity index (χ0) is 18.2. The van der Waals surface area contributed by atoms with Crippen LogP contribution in [0.5, 0.6) is 5.75 Å². The van der Waals surface area contributed by atoms with Crippen molar-refractivity contribution in [2.75, 3.05) is 13.7 Å². The molecule has 0 spiro atoms. The standard InChI is InChI=1S/C19H21FN2O3/c1-13(15-4-3-5-16(20)10-15)19(24)22-12-18(23)21-11-14-6-8-17(25-2)9-7-14/h3-10,13H,11-12H2,1-2H3,(H,21,23)(H,22,24)/t13-/m1/s1.